The zero-order chi connectivity index (χ0) is 19.5. The van der Waals surface area contributed by atoms with Crippen LogP contribution in [0, 0.1) is 13.8 Å². The lowest BCUT2D eigenvalue weighted by molar-refractivity contribution is 0.0637. The molecule has 0 saturated carbocycles. The molecular formula is C20H21N5O2S. The number of amides is 1. The van der Waals surface area contributed by atoms with Gasteiger partial charge in [-0.15, -0.1) is 11.3 Å². The summed E-state index contributed by atoms with van der Waals surface area (Å²) in [5, 5.41) is 0.525. The minimum absolute atomic E-state index is 0.00166. The summed E-state index contributed by atoms with van der Waals surface area (Å²) in [6.45, 7) is 5.16. The summed E-state index contributed by atoms with van der Waals surface area (Å²) in [7, 11) is 0. The number of likely N-dealkylation sites (tertiary alicyclic amines) is 1. The zero-order valence-corrected chi connectivity index (χ0v) is 16.7. The number of aromatic amines is 1. The molecule has 0 aromatic carbocycles. The van der Waals surface area contributed by atoms with Gasteiger partial charge in [-0.05, 0) is 50.7 Å². The fourth-order valence-electron chi connectivity index (χ4n) is 4.76. The van der Waals surface area contributed by atoms with Crippen molar-refractivity contribution in [1.29, 1.82) is 0 Å². The first-order valence-electron chi connectivity index (χ1n) is 9.57. The molecule has 2 aliphatic rings. The molecule has 1 atom stereocenters. The van der Waals surface area contributed by atoms with Crippen LogP contribution in [0.4, 0.5) is 0 Å². The smallest absolute Gasteiger partial charge is 0.264 e. The van der Waals surface area contributed by atoms with Crippen molar-refractivity contribution in [3.63, 3.8) is 0 Å². The van der Waals surface area contributed by atoms with Gasteiger partial charge in [-0.25, -0.2) is 15.0 Å². The molecule has 1 amide bonds. The number of carbonyl (C=O) groups is 1. The van der Waals surface area contributed by atoms with E-state index in [1.165, 1.54) is 23.2 Å². The summed E-state index contributed by atoms with van der Waals surface area (Å²) in [4.78, 5) is 44.7. The van der Waals surface area contributed by atoms with Gasteiger partial charge >= 0.3 is 0 Å². The Morgan fingerprint density at radius 1 is 1.29 bits per heavy atom. The minimum Gasteiger partial charge on any atom is -0.337 e. The fourth-order valence-corrected chi connectivity index (χ4v) is 5.88. The molecule has 7 nitrogen and oxygen atoms in total. The second-order valence-corrected chi connectivity index (χ2v) is 8.87. The number of thiophene rings is 1. The Hall–Kier alpha value is -2.61. The number of carbonyl (C=O) groups excluding carboxylic acids is 1. The average Bonchev–Trinajstić information content (AvgIpc) is 3.20. The molecule has 1 fully saturated rings. The van der Waals surface area contributed by atoms with E-state index in [-0.39, 0.29) is 16.9 Å². The molecule has 0 bridgehead atoms. The predicted octanol–water partition coefficient (Wildman–Crippen LogP) is 2.51. The summed E-state index contributed by atoms with van der Waals surface area (Å²) in [5.41, 5.74) is 2.81. The molecular weight excluding hydrogens is 374 g/mol. The lowest BCUT2D eigenvalue weighted by atomic mass is 9.77. The Morgan fingerprint density at radius 3 is 2.96 bits per heavy atom. The molecule has 0 radical (unpaired) electrons. The number of fused-ring (bicyclic) bond motifs is 3. The van der Waals surface area contributed by atoms with Crippen molar-refractivity contribution in [1.82, 2.24) is 24.8 Å². The van der Waals surface area contributed by atoms with E-state index in [4.69, 9.17) is 4.98 Å². The SMILES string of the molecule is Cc1ncc2c(n1)C1(CCCN(C(=O)c3sc4nc[nH]c(=O)c4c3C)C1)CC2. The third-order valence-corrected chi connectivity index (χ3v) is 7.34. The number of aromatic nitrogens is 4. The van der Waals surface area contributed by atoms with Crippen LogP contribution in [0.15, 0.2) is 17.3 Å². The molecule has 144 valence electrons. The van der Waals surface area contributed by atoms with Gasteiger partial charge in [0.15, 0.2) is 0 Å². The van der Waals surface area contributed by atoms with Crippen LogP contribution in [-0.2, 0) is 11.8 Å². The highest BCUT2D eigenvalue weighted by atomic mass is 32.1. The number of hydrogen-bond acceptors (Lipinski definition) is 6. The van der Waals surface area contributed by atoms with Gasteiger partial charge < -0.3 is 9.88 Å². The second kappa shape index (κ2) is 6.20. The summed E-state index contributed by atoms with van der Waals surface area (Å²) in [5.74, 6) is 0.785. The van der Waals surface area contributed by atoms with E-state index in [9.17, 15) is 9.59 Å². The molecule has 1 saturated heterocycles. The van der Waals surface area contributed by atoms with Crippen molar-refractivity contribution in [2.75, 3.05) is 13.1 Å². The first-order chi connectivity index (χ1) is 13.5. The number of hydrogen-bond donors (Lipinski definition) is 1. The Bertz CT molecular complexity index is 1160. The Labute approximate surface area is 165 Å². The molecule has 3 aromatic rings. The first kappa shape index (κ1) is 17.5. The first-order valence-corrected chi connectivity index (χ1v) is 10.4. The molecule has 1 aliphatic carbocycles. The summed E-state index contributed by atoms with van der Waals surface area (Å²) < 4.78 is 0. The third-order valence-electron chi connectivity index (χ3n) is 6.15. The third kappa shape index (κ3) is 2.51. The van der Waals surface area contributed by atoms with Gasteiger partial charge in [0.05, 0.1) is 22.3 Å². The Morgan fingerprint density at radius 2 is 2.14 bits per heavy atom. The fraction of sp³-hybridized carbons (Fsp3) is 0.450. The van der Waals surface area contributed by atoms with Crippen LogP contribution in [-0.4, -0.2) is 43.8 Å². The normalized spacial score (nSPS) is 21.4. The van der Waals surface area contributed by atoms with Crippen molar-refractivity contribution < 1.29 is 4.79 Å². The van der Waals surface area contributed by atoms with Gasteiger partial charge in [-0.1, -0.05) is 0 Å². The van der Waals surface area contributed by atoms with Crippen LogP contribution in [0.1, 0.15) is 51.6 Å². The zero-order valence-electron chi connectivity index (χ0n) is 15.9. The van der Waals surface area contributed by atoms with E-state index < -0.39 is 0 Å². The van der Waals surface area contributed by atoms with E-state index in [1.54, 1.807) is 0 Å². The summed E-state index contributed by atoms with van der Waals surface area (Å²) >= 11 is 1.31. The number of piperidine rings is 1. The van der Waals surface area contributed by atoms with Gasteiger partial charge in [0, 0.05) is 24.7 Å². The molecule has 1 spiro atoms. The maximum Gasteiger partial charge on any atom is 0.264 e. The summed E-state index contributed by atoms with van der Waals surface area (Å²) in [6.07, 6.45) is 7.32. The van der Waals surface area contributed by atoms with E-state index in [0.717, 1.165) is 49.3 Å². The quantitative estimate of drug-likeness (QED) is 0.684. The van der Waals surface area contributed by atoms with Crippen molar-refractivity contribution in [2.45, 2.75) is 44.9 Å². The Balaban J connectivity index is 1.51. The van der Waals surface area contributed by atoms with Crippen LogP contribution in [0.25, 0.3) is 10.2 Å². The highest BCUT2D eigenvalue weighted by Crippen LogP contribution is 2.44. The number of rotatable bonds is 1. The molecule has 1 aliphatic heterocycles. The highest BCUT2D eigenvalue weighted by Gasteiger charge is 2.45. The molecule has 3 aromatic heterocycles. The average molecular weight is 395 g/mol. The van der Waals surface area contributed by atoms with E-state index in [1.807, 2.05) is 24.9 Å². The van der Waals surface area contributed by atoms with Crippen molar-refractivity contribution in [3.05, 3.63) is 50.4 Å². The van der Waals surface area contributed by atoms with Gasteiger partial charge in [-0.3, -0.25) is 9.59 Å². The number of nitrogens with one attached hydrogen (secondary N) is 1. The molecule has 5 rings (SSSR count). The summed E-state index contributed by atoms with van der Waals surface area (Å²) in [6, 6.07) is 0. The lowest BCUT2D eigenvalue weighted by Gasteiger charge is -2.40. The monoisotopic (exact) mass is 395 g/mol. The van der Waals surface area contributed by atoms with E-state index >= 15 is 0 Å². The standard InChI is InChI=1S/C20H21N5O2S/c1-11-14-17(26)22-10-23-18(14)28-15(11)19(27)25-7-3-5-20(9-25)6-4-13-8-21-12(2)24-16(13)20/h8,10H,3-7,9H2,1-2H3,(H,22,23,26). The molecule has 1 N–H and O–H groups in total. The van der Waals surface area contributed by atoms with Crippen LogP contribution in [0.5, 0.6) is 0 Å². The van der Waals surface area contributed by atoms with E-state index in [2.05, 4.69) is 15.0 Å². The number of nitrogens with zero attached hydrogens (tertiary/aromatic N) is 4. The Kier molecular flexibility index (Phi) is 3.87. The van der Waals surface area contributed by atoms with Gasteiger partial charge in [-0.2, -0.15) is 0 Å². The topological polar surface area (TPSA) is 91.8 Å². The molecule has 1 unspecified atom stereocenters. The second-order valence-electron chi connectivity index (χ2n) is 7.87. The molecule has 8 heteroatoms. The van der Waals surface area contributed by atoms with Crippen molar-refractivity contribution in [2.24, 2.45) is 0 Å². The molecule has 28 heavy (non-hydrogen) atoms. The van der Waals surface area contributed by atoms with E-state index in [0.29, 0.717) is 21.6 Å². The maximum atomic E-state index is 13.4. The number of aryl methyl sites for hydroxylation is 3. The predicted molar refractivity (Wildman–Crippen MR) is 107 cm³/mol. The van der Waals surface area contributed by atoms with Crippen LogP contribution in [0.3, 0.4) is 0 Å². The van der Waals surface area contributed by atoms with Crippen molar-refractivity contribution in [3.8, 4) is 0 Å². The molecule has 4 heterocycles. The van der Waals surface area contributed by atoms with Crippen LogP contribution >= 0.6 is 11.3 Å². The van der Waals surface area contributed by atoms with Gasteiger partial charge in [0.2, 0.25) is 0 Å². The minimum atomic E-state index is -0.190. The van der Waals surface area contributed by atoms with Gasteiger partial charge in [0.25, 0.3) is 11.5 Å². The van der Waals surface area contributed by atoms with Crippen LogP contribution in [0.2, 0.25) is 0 Å². The van der Waals surface area contributed by atoms with Crippen molar-refractivity contribution >= 4 is 27.5 Å². The van der Waals surface area contributed by atoms with Gasteiger partial charge in [0.1, 0.15) is 10.7 Å². The maximum absolute atomic E-state index is 13.4. The van der Waals surface area contributed by atoms with Crippen LogP contribution < -0.4 is 5.56 Å². The highest BCUT2D eigenvalue weighted by molar-refractivity contribution is 7.20. The largest absolute Gasteiger partial charge is 0.337 e. The lowest BCUT2D eigenvalue weighted by Crippen LogP contribution is -2.48. The number of H-pyrrole nitrogens is 1.